The van der Waals surface area contributed by atoms with Gasteiger partial charge in [-0.05, 0) is 44.5 Å². The minimum absolute atomic E-state index is 0.274. The van der Waals surface area contributed by atoms with E-state index in [9.17, 15) is 8.42 Å². The average Bonchev–Trinajstić information content (AvgIpc) is 3.09. The first-order valence-corrected chi connectivity index (χ1v) is 11.1. The monoisotopic (exact) mass is 428 g/mol. The maximum atomic E-state index is 13.0. The third-order valence-electron chi connectivity index (χ3n) is 5.04. The van der Waals surface area contributed by atoms with E-state index in [0.717, 1.165) is 5.56 Å². The number of hydrogen-bond donors (Lipinski definition) is 2. The highest BCUT2D eigenvalue weighted by atomic mass is 32.2. The normalized spacial score (nSPS) is 15.4. The molecule has 0 aliphatic carbocycles. The highest BCUT2D eigenvalue weighted by Crippen LogP contribution is 2.24. The second-order valence-corrected chi connectivity index (χ2v) is 9.15. The molecule has 10 nitrogen and oxygen atoms in total. The standard InChI is InChI=1S/C19H24N8O2S/c1-13-4-5-16(20-12-13)21-17-6-7-18(25-24-17)26-8-10-27(11-9-26)30(28,29)19-14(2)22-23-15(19)3/h4-7,12H,8-11H2,1-3H3,(H,22,23)(H,20,21,24). The van der Waals surface area contributed by atoms with Gasteiger partial charge in [0.2, 0.25) is 10.0 Å². The second kappa shape index (κ2) is 8.00. The molecule has 158 valence electrons. The molecule has 2 N–H and O–H groups in total. The molecule has 1 fully saturated rings. The van der Waals surface area contributed by atoms with Crippen molar-refractivity contribution in [2.75, 3.05) is 36.4 Å². The van der Waals surface area contributed by atoms with Crippen LogP contribution in [0.25, 0.3) is 0 Å². The summed E-state index contributed by atoms with van der Waals surface area (Å²) in [5, 5.41) is 18.4. The Morgan fingerprint density at radius 1 is 0.967 bits per heavy atom. The number of piperazine rings is 1. The van der Waals surface area contributed by atoms with E-state index in [1.807, 2.05) is 36.1 Å². The Labute approximate surface area is 175 Å². The molecule has 4 heterocycles. The first-order valence-electron chi connectivity index (χ1n) is 9.64. The maximum Gasteiger partial charge on any atom is 0.246 e. The molecule has 0 saturated carbocycles. The van der Waals surface area contributed by atoms with Crippen molar-refractivity contribution in [3.05, 3.63) is 47.4 Å². The van der Waals surface area contributed by atoms with Gasteiger partial charge in [0, 0.05) is 32.4 Å². The Hall–Kier alpha value is -3.05. The van der Waals surface area contributed by atoms with Crippen molar-refractivity contribution in [2.24, 2.45) is 0 Å². The summed E-state index contributed by atoms with van der Waals surface area (Å²) in [7, 11) is -3.57. The number of aromatic amines is 1. The Bertz CT molecular complexity index is 1100. The van der Waals surface area contributed by atoms with Gasteiger partial charge < -0.3 is 10.2 Å². The fourth-order valence-corrected chi connectivity index (χ4v) is 5.19. The lowest BCUT2D eigenvalue weighted by Gasteiger charge is -2.34. The highest BCUT2D eigenvalue weighted by molar-refractivity contribution is 7.89. The van der Waals surface area contributed by atoms with E-state index in [2.05, 4.69) is 30.7 Å². The number of sulfonamides is 1. The van der Waals surface area contributed by atoms with Gasteiger partial charge in [-0.15, -0.1) is 10.2 Å². The number of aryl methyl sites for hydroxylation is 3. The zero-order chi connectivity index (χ0) is 21.3. The first kappa shape index (κ1) is 20.2. The van der Waals surface area contributed by atoms with E-state index in [1.54, 1.807) is 20.0 Å². The third kappa shape index (κ3) is 3.98. The molecule has 0 atom stereocenters. The van der Waals surface area contributed by atoms with Gasteiger partial charge in [0.15, 0.2) is 11.6 Å². The molecule has 0 spiro atoms. The van der Waals surface area contributed by atoms with E-state index in [0.29, 0.717) is 55.0 Å². The fraction of sp³-hybridized carbons (Fsp3) is 0.368. The summed E-state index contributed by atoms with van der Waals surface area (Å²) in [6.45, 7) is 7.23. The molecule has 0 aromatic carbocycles. The Morgan fingerprint density at radius 2 is 1.70 bits per heavy atom. The molecule has 4 rings (SSSR count). The van der Waals surface area contributed by atoms with Crippen molar-refractivity contribution in [1.82, 2.24) is 29.7 Å². The van der Waals surface area contributed by atoms with Crippen LogP contribution in [0.1, 0.15) is 17.0 Å². The van der Waals surface area contributed by atoms with Crippen LogP contribution in [0.2, 0.25) is 0 Å². The number of nitrogens with zero attached hydrogens (tertiary/aromatic N) is 6. The molecule has 11 heteroatoms. The molecular formula is C19H24N8O2S. The van der Waals surface area contributed by atoms with Crippen LogP contribution < -0.4 is 10.2 Å². The van der Waals surface area contributed by atoms with E-state index < -0.39 is 10.0 Å². The molecule has 0 bridgehead atoms. The molecule has 1 aliphatic heterocycles. The SMILES string of the molecule is Cc1ccc(Nc2ccc(N3CCN(S(=O)(=O)c4c(C)n[nH]c4C)CC3)nn2)nc1. The van der Waals surface area contributed by atoms with Gasteiger partial charge in [0.1, 0.15) is 10.7 Å². The van der Waals surface area contributed by atoms with Gasteiger partial charge in [-0.2, -0.15) is 9.40 Å². The van der Waals surface area contributed by atoms with E-state index in [-0.39, 0.29) is 4.90 Å². The minimum atomic E-state index is -3.57. The maximum absolute atomic E-state index is 13.0. The molecule has 1 aliphatic rings. The predicted molar refractivity (Wildman–Crippen MR) is 113 cm³/mol. The highest BCUT2D eigenvalue weighted by Gasteiger charge is 2.32. The number of aromatic nitrogens is 5. The smallest absolute Gasteiger partial charge is 0.246 e. The molecular weight excluding hydrogens is 404 g/mol. The molecule has 0 radical (unpaired) electrons. The molecule has 3 aromatic rings. The lowest BCUT2D eigenvalue weighted by molar-refractivity contribution is 0.383. The Balaban J connectivity index is 1.40. The third-order valence-corrected chi connectivity index (χ3v) is 7.20. The van der Waals surface area contributed by atoms with Crippen molar-refractivity contribution >= 4 is 27.5 Å². The minimum Gasteiger partial charge on any atom is -0.352 e. The molecule has 0 amide bonds. The number of anilines is 3. The largest absolute Gasteiger partial charge is 0.352 e. The fourth-order valence-electron chi connectivity index (χ4n) is 3.44. The van der Waals surface area contributed by atoms with Crippen LogP contribution in [0, 0.1) is 20.8 Å². The summed E-state index contributed by atoms with van der Waals surface area (Å²) in [5.41, 5.74) is 2.14. The Morgan fingerprint density at radius 3 is 2.27 bits per heavy atom. The zero-order valence-electron chi connectivity index (χ0n) is 17.1. The lowest BCUT2D eigenvalue weighted by atomic mass is 10.3. The predicted octanol–water partition coefficient (Wildman–Crippen LogP) is 1.77. The van der Waals surface area contributed by atoms with Crippen molar-refractivity contribution in [2.45, 2.75) is 25.7 Å². The summed E-state index contributed by atoms with van der Waals surface area (Å²) < 4.78 is 27.5. The number of pyridine rings is 1. The van der Waals surface area contributed by atoms with E-state index in [4.69, 9.17) is 0 Å². The summed E-state index contributed by atoms with van der Waals surface area (Å²) in [6, 6.07) is 7.56. The van der Waals surface area contributed by atoms with Gasteiger partial charge >= 0.3 is 0 Å². The summed E-state index contributed by atoms with van der Waals surface area (Å²) in [4.78, 5) is 6.60. The van der Waals surface area contributed by atoms with Crippen LogP contribution in [-0.4, -0.2) is 64.3 Å². The second-order valence-electron chi connectivity index (χ2n) is 7.28. The number of rotatable bonds is 5. The topological polar surface area (TPSA) is 120 Å². The van der Waals surface area contributed by atoms with Crippen LogP contribution in [0.15, 0.2) is 35.4 Å². The van der Waals surface area contributed by atoms with Crippen LogP contribution >= 0.6 is 0 Å². The quantitative estimate of drug-likeness (QED) is 0.631. The summed E-state index contributed by atoms with van der Waals surface area (Å²) >= 11 is 0. The first-order chi connectivity index (χ1) is 14.3. The average molecular weight is 429 g/mol. The molecule has 30 heavy (non-hydrogen) atoms. The number of hydrogen-bond acceptors (Lipinski definition) is 8. The molecule has 0 unspecified atom stereocenters. The van der Waals surface area contributed by atoms with Gasteiger partial charge in [0.25, 0.3) is 0 Å². The van der Waals surface area contributed by atoms with Crippen LogP contribution in [0.4, 0.5) is 17.5 Å². The summed E-state index contributed by atoms with van der Waals surface area (Å²) in [6.07, 6.45) is 1.78. The van der Waals surface area contributed by atoms with Crippen LogP contribution in [0.3, 0.4) is 0 Å². The van der Waals surface area contributed by atoms with E-state index in [1.165, 1.54) is 4.31 Å². The van der Waals surface area contributed by atoms with Crippen LogP contribution in [-0.2, 0) is 10.0 Å². The van der Waals surface area contributed by atoms with Gasteiger partial charge in [-0.25, -0.2) is 13.4 Å². The summed E-state index contributed by atoms with van der Waals surface area (Å²) in [5.74, 6) is 2.01. The zero-order valence-corrected chi connectivity index (χ0v) is 17.9. The van der Waals surface area contributed by atoms with Crippen LogP contribution in [0.5, 0.6) is 0 Å². The van der Waals surface area contributed by atoms with Crippen molar-refractivity contribution in [3.63, 3.8) is 0 Å². The van der Waals surface area contributed by atoms with Crippen molar-refractivity contribution in [3.8, 4) is 0 Å². The number of H-pyrrole nitrogens is 1. The van der Waals surface area contributed by atoms with E-state index >= 15 is 0 Å². The lowest BCUT2D eigenvalue weighted by Crippen LogP contribution is -2.49. The Kier molecular flexibility index (Phi) is 5.39. The van der Waals surface area contributed by atoms with Gasteiger partial charge in [0.05, 0.1) is 11.4 Å². The molecule has 3 aromatic heterocycles. The molecule has 1 saturated heterocycles. The van der Waals surface area contributed by atoms with Gasteiger partial charge in [-0.3, -0.25) is 5.10 Å². The van der Waals surface area contributed by atoms with Crippen molar-refractivity contribution < 1.29 is 8.42 Å². The van der Waals surface area contributed by atoms with Gasteiger partial charge in [-0.1, -0.05) is 6.07 Å². The number of nitrogens with one attached hydrogen (secondary N) is 2. The van der Waals surface area contributed by atoms with Crippen molar-refractivity contribution in [1.29, 1.82) is 0 Å².